The highest BCUT2D eigenvalue weighted by Crippen LogP contribution is 2.35. The lowest BCUT2D eigenvalue weighted by atomic mass is 10.1. The van der Waals surface area contributed by atoms with E-state index in [0.717, 1.165) is 19.3 Å². The van der Waals surface area contributed by atoms with Crippen LogP contribution in [0.4, 0.5) is 5.69 Å². The molecule has 0 saturated carbocycles. The van der Waals surface area contributed by atoms with Crippen LogP contribution in [0.5, 0.6) is 11.5 Å². The summed E-state index contributed by atoms with van der Waals surface area (Å²) in [5, 5.41) is 11.0. The fraction of sp³-hybridized carbons (Fsp3) is 0.357. The van der Waals surface area contributed by atoms with Crippen molar-refractivity contribution < 1.29 is 19.2 Å². The Morgan fingerprint density at radius 2 is 2.20 bits per heavy atom. The molecule has 1 aliphatic rings. The van der Waals surface area contributed by atoms with Crippen LogP contribution in [0.3, 0.4) is 0 Å². The highest BCUT2D eigenvalue weighted by Gasteiger charge is 2.21. The second-order valence-corrected chi connectivity index (χ2v) is 4.45. The van der Waals surface area contributed by atoms with Crippen molar-refractivity contribution in [3.05, 3.63) is 40.0 Å². The molecule has 1 aromatic rings. The topological polar surface area (TPSA) is 78.7 Å². The number of nitro benzene ring substituents is 1. The van der Waals surface area contributed by atoms with Gasteiger partial charge in [-0.15, -0.1) is 0 Å². The molecular weight excluding hydrogens is 262 g/mol. The lowest BCUT2D eigenvalue weighted by Gasteiger charge is -2.20. The lowest BCUT2D eigenvalue weighted by Crippen LogP contribution is -2.16. The number of methoxy groups -OCH3 is 1. The summed E-state index contributed by atoms with van der Waals surface area (Å²) in [6.07, 6.45) is 7.14. The van der Waals surface area contributed by atoms with Crippen LogP contribution in [0, 0.1) is 10.1 Å². The van der Waals surface area contributed by atoms with Crippen molar-refractivity contribution in [3.63, 3.8) is 0 Å². The van der Waals surface area contributed by atoms with Crippen LogP contribution in [0.25, 0.3) is 0 Å². The number of nitro groups is 1. The van der Waals surface area contributed by atoms with Crippen molar-refractivity contribution in [1.82, 2.24) is 0 Å². The molecule has 0 bridgehead atoms. The first-order valence-electron chi connectivity index (χ1n) is 6.30. The fourth-order valence-electron chi connectivity index (χ4n) is 2.11. The number of benzene rings is 1. The molecule has 20 heavy (non-hydrogen) atoms. The van der Waals surface area contributed by atoms with E-state index in [1.165, 1.54) is 19.2 Å². The molecule has 1 unspecified atom stereocenters. The van der Waals surface area contributed by atoms with Crippen LogP contribution in [0.15, 0.2) is 24.3 Å². The zero-order valence-electron chi connectivity index (χ0n) is 11.1. The number of rotatable bonds is 5. The van der Waals surface area contributed by atoms with Gasteiger partial charge in [-0.2, -0.15) is 0 Å². The monoisotopic (exact) mass is 277 g/mol. The van der Waals surface area contributed by atoms with Crippen LogP contribution >= 0.6 is 0 Å². The Balaban J connectivity index is 2.37. The first kappa shape index (κ1) is 14.0. The van der Waals surface area contributed by atoms with E-state index in [0.29, 0.717) is 12.0 Å². The Morgan fingerprint density at radius 3 is 2.75 bits per heavy atom. The van der Waals surface area contributed by atoms with Gasteiger partial charge in [-0.25, -0.2) is 0 Å². The number of carbonyl (C=O) groups excluding carboxylic acids is 1. The second-order valence-electron chi connectivity index (χ2n) is 4.45. The average molecular weight is 277 g/mol. The maximum atomic E-state index is 11.0. The molecule has 1 aromatic carbocycles. The molecule has 0 N–H and O–H groups in total. The number of hydrogen-bond acceptors (Lipinski definition) is 5. The maximum absolute atomic E-state index is 11.0. The van der Waals surface area contributed by atoms with Gasteiger partial charge >= 0.3 is 0 Å². The molecule has 0 amide bonds. The molecule has 0 radical (unpaired) electrons. The van der Waals surface area contributed by atoms with Crippen molar-refractivity contribution in [2.24, 2.45) is 0 Å². The molecule has 0 saturated heterocycles. The van der Waals surface area contributed by atoms with Gasteiger partial charge in [0.05, 0.1) is 23.7 Å². The normalized spacial score (nSPS) is 17.6. The number of ether oxygens (including phenoxy) is 2. The molecule has 1 atom stereocenters. The second kappa shape index (κ2) is 6.18. The SMILES string of the molecule is COc1cc(C=O)c([N+](=O)[O-])cc1OC1C=CCCC1. The third-order valence-electron chi connectivity index (χ3n) is 3.13. The highest BCUT2D eigenvalue weighted by atomic mass is 16.6. The van der Waals surface area contributed by atoms with Crippen LogP contribution < -0.4 is 9.47 Å². The number of carbonyl (C=O) groups is 1. The number of aldehydes is 1. The minimum absolute atomic E-state index is 0.0293. The van der Waals surface area contributed by atoms with Gasteiger partial charge in [0.25, 0.3) is 5.69 Å². The Morgan fingerprint density at radius 1 is 1.40 bits per heavy atom. The number of hydrogen-bond donors (Lipinski definition) is 0. The predicted molar refractivity (Wildman–Crippen MR) is 72.4 cm³/mol. The zero-order valence-corrected chi connectivity index (χ0v) is 11.1. The number of allylic oxidation sites excluding steroid dienone is 1. The third kappa shape index (κ3) is 2.96. The third-order valence-corrected chi connectivity index (χ3v) is 3.13. The molecular formula is C14H15NO5. The lowest BCUT2D eigenvalue weighted by molar-refractivity contribution is -0.385. The molecule has 0 fully saturated rings. The highest BCUT2D eigenvalue weighted by molar-refractivity contribution is 5.83. The van der Waals surface area contributed by atoms with E-state index in [9.17, 15) is 14.9 Å². The summed E-state index contributed by atoms with van der Waals surface area (Å²) in [5.41, 5.74) is -0.311. The molecule has 6 nitrogen and oxygen atoms in total. The molecule has 106 valence electrons. The van der Waals surface area contributed by atoms with Crippen LogP contribution in [0.1, 0.15) is 29.6 Å². The summed E-state index contributed by atoms with van der Waals surface area (Å²) >= 11 is 0. The molecule has 6 heteroatoms. The molecule has 0 aromatic heterocycles. The van der Waals surface area contributed by atoms with E-state index >= 15 is 0 Å². The molecule has 0 aliphatic heterocycles. The summed E-state index contributed by atoms with van der Waals surface area (Å²) in [5.74, 6) is 0.595. The molecule has 2 rings (SSSR count). The molecule has 1 aliphatic carbocycles. The quantitative estimate of drug-likeness (QED) is 0.358. The first-order valence-corrected chi connectivity index (χ1v) is 6.30. The van der Waals surface area contributed by atoms with Gasteiger partial charge in [0.15, 0.2) is 17.8 Å². The van der Waals surface area contributed by atoms with E-state index in [2.05, 4.69) is 0 Å². The Hall–Kier alpha value is -2.37. The van der Waals surface area contributed by atoms with Crippen molar-refractivity contribution in [1.29, 1.82) is 0 Å². The average Bonchev–Trinajstić information content (AvgIpc) is 2.47. The minimum atomic E-state index is -0.604. The minimum Gasteiger partial charge on any atom is -0.493 e. The van der Waals surface area contributed by atoms with Crippen LogP contribution in [-0.2, 0) is 0 Å². The van der Waals surface area contributed by atoms with E-state index in [1.54, 1.807) is 0 Å². The van der Waals surface area contributed by atoms with Gasteiger partial charge in [-0.1, -0.05) is 6.08 Å². The first-order chi connectivity index (χ1) is 9.65. The van der Waals surface area contributed by atoms with Crippen molar-refractivity contribution >= 4 is 12.0 Å². The standard InChI is InChI=1S/C14H15NO5/c1-19-13-7-10(9-16)12(15(17)18)8-14(13)20-11-5-3-2-4-6-11/h3,5,7-9,11H,2,4,6H2,1H3. The summed E-state index contributed by atoms with van der Waals surface area (Å²) < 4.78 is 10.9. The van der Waals surface area contributed by atoms with Gasteiger partial charge in [-0.3, -0.25) is 14.9 Å². The predicted octanol–water partition coefficient (Wildman–Crippen LogP) is 2.90. The summed E-state index contributed by atoms with van der Waals surface area (Å²) in [7, 11) is 1.43. The van der Waals surface area contributed by atoms with Gasteiger partial charge in [0, 0.05) is 6.07 Å². The van der Waals surface area contributed by atoms with Crippen molar-refractivity contribution in [2.45, 2.75) is 25.4 Å². The van der Waals surface area contributed by atoms with Gasteiger partial charge in [0.1, 0.15) is 6.10 Å². The van der Waals surface area contributed by atoms with Crippen molar-refractivity contribution in [3.8, 4) is 11.5 Å². The largest absolute Gasteiger partial charge is 0.493 e. The van der Waals surface area contributed by atoms with E-state index in [4.69, 9.17) is 9.47 Å². The van der Waals surface area contributed by atoms with Crippen LogP contribution in [-0.4, -0.2) is 24.4 Å². The van der Waals surface area contributed by atoms with E-state index < -0.39 is 4.92 Å². The Bertz CT molecular complexity index is 553. The number of nitrogens with zero attached hydrogens (tertiary/aromatic N) is 1. The zero-order chi connectivity index (χ0) is 14.5. The van der Waals surface area contributed by atoms with Crippen LogP contribution in [0.2, 0.25) is 0 Å². The Labute approximate surface area is 116 Å². The summed E-state index contributed by atoms with van der Waals surface area (Å²) in [6.45, 7) is 0. The van der Waals surface area contributed by atoms with Gasteiger partial charge < -0.3 is 9.47 Å². The van der Waals surface area contributed by atoms with E-state index in [1.807, 2.05) is 12.2 Å². The smallest absolute Gasteiger partial charge is 0.283 e. The summed E-state index contributed by atoms with van der Waals surface area (Å²) in [4.78, 5) is 21.2. The fourth-order valence-corrected chi connectivity index (χ4v) is 2.11. The van der Waals surface area contributed by atoms with Crippen molar-refractivity contribution in [2.75, 3.05) is 7.11 Å². The molecule has 0 heterocycles. The van der Waals surface area contributed by atoms with Gasteiger partial charge in [0.2, 0.25) is 0 Å². The Kier molecular flexibility index (Phi) is 4.34. The van der Waals surface area contributed by atoms with Gasteiger partial charge in [-0.05, 0) is 25.3 Å². The molecule has 0 spiro atoms. The maximum Gasteiger partial charge on any atom is 0.283 e. The van der Waals surface area contributed by atoms with E-state index in [-0.39, 0.29) is 23.1 Å². The summed E-state index contributed by atoms with van der Waals surface area (Å²) in [6, 6.07) is 2.57.